The highest BCUT2D eigenvalue weighted by Crippen LogP contribution is 2.19. The van der Waals surface area contributed by atoms with Gasteiger partial charge in [-0.05, 0) is 42.0 Å². The smallest absolute Gasteiger partial charge is 0.221 e. The molecule has 0 spiro atoms. The van der Waals surface area contributed by atoms with E-state index in [9.17, 15) is 4.79 Å². The lowest BCUT2D eigenvalue weighted by molar-refractivity contribution is -0.114. The first-order chi connectivity index (χ1) is 9.17. The van der Waals surface area contributed by atoms with Crippen molar-refractivity contribution in [3.8, 4) is 0 Å². The fourth-order valence-electron chi connectivity index (χ4n) is 1.70. The Kier molecular flexibility index (Phi) is 4.15. The van der Waals surface area contributed by atoms with E-state index in [0.29, 0.717) is 0 Å². The average Bonchev–Trinajstić information content (AvgIpc) is 2.41. The lowest BCUT2D eigenvalue weighted by Gasteiger charge is -2.08. The molecule has 0 atom stereocenters. The summed E-state index contributed by atoms with van der Waals surface area (Å²) in [5.41, 5.74) is 3.54. The lowest BCUT2D eigenvalue weighted by atomic mass is 10.2. The molecule has 98 valence electrons. The number of anilines is 3. The lowest BCUT2D eigenvalue weighted by Crippen LogP contribution is -2.05. The SMILES string of the molecule is CC(=O)Nc1ccc(Nc2ccc(CO)cc2)cc1. The van der Waals surface area contributed by atoms with Gasteiger partial charge < -0.3 is 15.7 Å². The summed E-state index contributed by atoms with van der Waals surface area (Å²) in [7, 11) is 0. The Morgan fingerprint density at radius 2 is 1.42 bits per heavy atom. The van der Waals surface area contributed by atoms with Crippen molar-refractivity contribution in [2.75, 3.05) is 10.6 Å². The Hall–Kier alpha value is -2.33. The van der Waals surface area contributed by atoms with Crippen LogP contribution in [0.15, 0.2) is 48.5 Å². The topological polar surface area (TPSA) is 61.4 Å². The highest BCUT2D eigenvalue weighted by molar-refractivity contribution is 5.88. The second-order valence-corrected chi connectivity index (χ2v) is 4.24. The van der Waals surface area contributed by atoms with Gasteiger partial charge in [0.25, 0.3) is 0 Å². The minimum absolute atomic E-state index is 0.0473. The van der Waals surface area contributed by atoms with Crippen molar-refractivity contribution in [1.82, 2.24) is 0 Å². The number of rotatable bonds is 4. The summed E-state index contributed by atoms with van der Waals surface area (Å²) >= 11 is 0. The molecule has 0 fully saturated rings. The van der Waals surface area contributed by atoms with Gasteiger partial charge in [-0.15, -0.1) is 0 Å². The summed E-state index contributed by atoms with van der Waals surface area (Å²) in [5.74, 6) is -0.0831. The van der Waals surface area contributed by atoms with Gasteiger partial charge in [-0.25, -0.2) is 0 Å². The van der Waals surface area contributed by atoms with Crippen molar-refractivity contribution in [2.24, 2.45) is 0 Å². The van der Waals surface area contributed by atoms with Crippen LogP contribution in [-0.4, -0.2) is 11.0 Å². The zero-order valence-corrected chi connectivity index (χ0v) is 10.7. The fraction of sp³-hybridized carbons (Fsp3) is 0.133. The first-order valence-corrected chi connectivity index (χ1v) is 6.02. The van der Waals surface area contributed by atoms with Crippen LogP contribution in [0.5, 0.6) is 0 Å². The van der Waals surface area contributed by atoms with E-state index in [0.717, 1.165) is 22.6 Å². The molecule has 0 aromatic heterocycles. The summed E-state index contributed by atoms with van der Waals surface area (Å²) in [6, 6.07) is 15.0. The van der Waals surface area contributed by atoms with E-state index in [4.69, 9.17) is 5.11 Å². The largest absolute Gasteiger partial charge is 0.392 e. The van der Waals surface area contributed by atoms with E-state index >= 15 is 0 Å². The van der Waals surface area contributed by atoms with Crippen LogP contribution in [0.1, 0.15) is 12.5 Å². The van der Waals surface area contributed by atoms with Gasteiger partial charge in [0.1, 0.15) is 0 Å². The van der Waals surface area contributed by atoms with Crippen molar-refractivity contribution in [2.45, 2.75) is 13.5 Å². The third-order valence-electron chi connectivity index (χ3n) is 2.63. The molecule has 0 heterocycles. The standard InChI is InChI=1S/C15H16N2O2/c1-11(19)16-13-6-8-15(9-7-13)17-14-4-2-12(10-18)3-5-14/h2-9,17-18H,10H2,1H3,(H,16,19). The van der Waals surface area contributed by atoms with E-state index in [1.807, 2.05) is 48.5 Å². The molecule has 3 N–H and O–H groups in total. The number of amides is 1. The fourth-order valence-corrected chi connectivity index (χ4v) is 1.70. The van der Waals surface area contributed by atoms with Crippen LogP contribution in [-0.2, 0) is 11.4 Å². The van der Waals surface area contributed by atoms with Crippen molar-refractivity contribution in [3.05, 3.63) is 54.1 Å². The molecule has 2 aromatic carbocycles. The highest BCUT2D eigenvalue weighted by atomic mass is 16.3. The molecule has 2 aromatic rings. The van der Waals surface area contributed by atoms with Gasteiger partial charge >= 0.3 is 0 Å². The molecule has 0 saturated carbocycles. The van der Waals surface area contributed by atoms with Crippen molar-refractivity contribution in [3.63, 3.8) is 0 Å². The molecule has 1 amide bonds. The zero-order valence-electron chi connectivity index (χ0n) is 10.7. The second-order valence-electron chi connectivity index (χ2n) is 4.24. The summed E-state index contributed by atoms with van der Waals surface area (Å²) < 4.78 is 0. The minimum atomic E-state index is -0.0831. The van der Waals surface area contributed by atoms with Gasteiger partial charge in [-0.2, -0.15) is 0 Å². The first-order valence-electron chi connectivity index (χ1n) is 6.02. The molecular weight excluding hydrogens is 240 g/mol. The summed E-state index contributed by atoms with van der Waals surface area (Å²) in [5, 5.41) is 14.9. The molecule has 0 aliphatic carbocycles. The van der Waals surface area contributed by atoms with Gasteiger partial charge in [0.05, 0.1) is 6.61 Å². The number of aliphatic hydroxyl groups excluding tert-OH is 1. The van der Waals surface area contributed by atoms with E-state index < -0.39 is 0 Å². The molecule has 0 aliphatic rings. The van der Waals surface area contributed by atoms with Crippen molar-refractivity contribution >= 4 is 23.0 Å². The number of benzene rings is 2. The molecule has 4 nitrogen and oxygen atoms in total. The Bertz CT molecular complexity index is 547. The summed E-state index contributed by atoms with van der Waals surface area (Å²) in [6.07, 6.45) is 0. The predicted molar refractivity (Wildman–Crippen MR) is 76.4 cm³/mol. The van der Waals surface area contributed by atoms with Crippen LogP contribution in [0, 0.1) is 0 Å². The number of aliphatic hydroxyl groups is 1. The van der Waals surface area contributed by atoms with Crippen molar-refractivity contribution in [1.29, 1.82) is 0 Å². The number of hydrogen-bond donors (Lipinski definition) is 3. The monoisotopic (exact) mass is 256 g/mol. The van der Waals surface area contributed by atoms with Crippen LogP contribution in [0.3, 0.4) is 0 Å². The molecule has 0 unspecified atom stereocenters. The summed E-state index contributed by atoms with van der Waals surface area (Å²) in [6.45, 7) is 1.53. The molecule has 0 aliphatic heterocycles. The van der Waals surface area contributed by atoms with Crippen molar-refractivity contribution < 1.29 is 9.90 Å². The second kappa shape index (κ2) is 6.02. The van der Waals surface area contributed by atoms with Gasteiger partial charge in [0.15, 0.2) is 0 Å². The minimum Gasteiger partial charge on any atom is -0.392 e. The van der Waals surface area contributed by atoms with Gasteiger partial charge in [0, 0.05) is 24.0 Å². The summed E-state index contributed by atoms with van der Waals surface area (Å²) in [4.78, 5) is 10.9. The van der Waals surface area contributed by atoms with E-state index in [1.54, 1.807) is 0 Å². The quantitative estimate of drug-likeness (QED) is 0.788. The van der Waals surface area contributed by atoms with Gasteiger partial charge in [-0.1, -0.05) is 12.1 Å². The number of carbonyl (C=O) groups excluding carboxylic acids is 1. The molecular formula is C15H16N2O2. The Labute approximate surface area is 112 Å². The predicted octanol–water partition coefficient (Wildman–Crippen LogP) is 2.88. The van der Waals surface area contributed by atoms with Crippen LogP contribution >= 0.6 is 0 Å². The Morgan fingerprint density at radius 1 is 0.947 bits per heavy atom. The first kappa shape index (κ1) is 13.1. The third-order valence-corrected chi connectivity index (χ3v) is 2.63. The van der Waals surface area contributed by atoms with Crippen LogP contribution in [0.4, 0.5) is 17.1 Å². The van der Waals surface area contributed by atoms with Gasteiger partial charge in [0.2, 0.25) is 5.91 Å². The molecule has 4 heteroatoms. The number of hydrogen-bond acceptors (Lipinski definition) is 3. The number of nitrogens with one attached hydrogen (secondary N) is 2. The van der Waals surface area contributed by atoms with E-state index in [2.05, 4.69) is 10.6 Å². The Balaban J connectivity index is 2.04. The highest BCUT2D eigenvalue weighted by Gasteiger charge is 1.98. The molecule has 2 rings (SSSR count). The zero-order chi connectivity index (χ0) is 13.7. The van der Waals surface area contributed by atoms with Crippen LogP contribution < -0.4 is 10.6 Å². The maximum Gasteiger partial charge on any atom is 0.221 e. The van der Waals surface area contributed by atoms with Crippen LogP contribution in [0.25, 0.3) is 0 Å². The average molecular weight is 256 g/mol. The number of carbonyl (C=O) groups is 1. The van der Waals surface area contributed by atoms with E-state index in [1.165, 1.54) is 6.92 Å². The van der Waals surface area contributed by atoms with Crippen LogP contribution in [0.2, 0.25) is 0 Å². The molecule has 19 heavy (non-hydrogen) atoms. The molecule has 0 bridgehead atoms. The molecule has 0 radical (unpaired) electrons. The molecule has 0 saturated heterocycles. The maximum atomic E-state index is 10.9. The third kappa shape index (κ3) is 3.82. The van der Waals surface area contributed by atoms with E-state index in [-0.39, 0.29) is 12.5 Å². The normalized spacial score (nSPS) is 10.0. The maximum absolute atomic E-state index is 10.9. The Morgan fingerprint density at radius 3 is 1.89 bits per heavy atom. The van der Waals surface area contributed by atoms with Gasteiger partial charge in [-0.3, -0.25) is 4.79 Å².